The van der Waals surface area contributed by atoms with Crippen LogP contribution >= 0.6 is 11.6 Å². The van der Waals surface area contributed by atoms with Gasteiger partial charge in [0.25, 0.3) is 0 Å². The average molecular weight is 379 g/mol. The molecule has 1 aromatic heterocycles. The van der Waals surface area contributed by atoms with Gasteiger partial charge in [-0.3, -0.25) is 0 Å². The molecule has 140 valence electrons. The summed E-state index contributed by atoms with van der Waals surface area (Å²) in [5.74, 6) is 1.41. The van der Waals surface area contributed by atoms with Crippen molar-refractivity contribution in [1.82, 2.24) is 14.9 Å². The molecule has 1 aromatic carbocycles. The second-order valence-electron chi connectivity index (χ2n) is 7.16. The van der Waals surface area contributed by atoms with Gasteiger partial charge in [-0.1, -0.05) is 11.6 Å². The molecule has 0 bridgehead atoms. The third kappa shape index (κ3) is 3.93. The Morgan fingerprint density at radius 1 is 1.15 bits per heavy atom. The Kier molecular flexibility index (Phi) is 5.09. The van der Waals surface area contributed by atoms with Crippen LogP contribution in [-0.2, 0) is 4.74 Å². The summed E-state index contributed by atoms with van der Waals surface area (Å²) in [5, 5.41) is 1.40. The Morgan fingerprint density at radius 3 is 2.46 bits per heavy atom. The number of hydrogen-bond acceptors (Lipinski definition) is 6. The SMILES string of the molecule is COc1cc(Cl)cc2c(N3CCN(C(=O)OC(C)(C)C)CC3)ncnc12. The lowest BCUT2D eigenvalue weighted by Gasteiger charge is -2.36. The van der Waals surface area contributed by atoms with E-state index >= 15 is 0 Å². The number of fused-ring (bicyclic) bond motifs is 1. The second kappa shape index (κ2) is 7.15. The van der Waals surface area contributed by atoms with Crippen molar-refractivity contribution in [1.29, 1.82) is 0 Å². The quantitative estimate of drug-likeness (QED) is 0.798. The van der Waals surface area contributed by atoms with Crippen molar-refractivity contribution in [3.8, 4) is 5.75 Å². The molecule has 0 aliphatic carbocycles. The molecule has 0 atom stereocenters. The van der Waals surface area contributed by atoms with E-state index in [2.05, 4.69) is 14.9 Å². The summed E-state index contributed by atoms with van der Waals surface area (Å²) in [6.07, 6.45) is 1.24. The van der Waals surface area contributed by atoms with Gasteiger partial charge in [0.2, 0.25) is 0 Å². The molecule has 3 rings (SSSR count). The smallest absolute Gasteiger partial charge is 0.410 e. The molecule has 0 unspecified atom stereocenters. The Morgan fingerprint density at radius 2 is 1.85 bits per heavy atom. The number of benzene rings is 1. The van der Waals surface area contributed by atoms with Gasteiger partial charge in [0.15, 0.2) is 0 Å². The molecule has 0 radical (unpaired) electrons. The van der Waals surface area contributed by atoms with Gasteiger partial charge in [0, 0.05) is 42.7 Å². The molecular weight excluding hydrogens is 356 g/mol. The van der Waals surface area contributed by atoms with Crippen LogP contribution in [0.3, 0.4) is 0 Å². The predicted molar refractivity (Wildman–Crippen MR) is 101 cm³/mol. The van der Waals surface area contributed by atoms with Crippen molar-refractivity contribution in [2.75, 3.05) is 38.2 Å². The summed E-state index contributed by atoms with van der Waals surface area (Å²) >= 11 is 6.22. The van der Waals surface area contributed by atoms with Gasteiger partial charge in [-0.05, 0) is 26.8 Å². The number of carbonyl (C=O) groups excluding carboxylic acids is 1. The van der Waals surface area contributed by atoms with E-state index in [1.165, 1.54) is 6.33 Å². The zero-order chi connectivity index (χ0) is 18.9. The number of anilines is 1. The first kappa shape index (κ1) is 18.5. The predicted octanol–water partition coefficient (Wildman–Crippen LogP) is 3.35. The number of amides is 1. The molecule has 0 N–H and O–H groups in total. The van der Waals surface area contributed by atoms with Crippen LogP contribution in [0.1, 0.15) is 20.8 Å². The number of rotatable bonds is 2. The molecule has 1 fully saturated rings. The largest absolute Gasteiger partial charge is 0.494 e. The van der Waals surface area contributed by atoms with Crippen molar-refractivity contribution in [2.24, 2.45) is 0 Å². The summed E-state index contributed by atoms with van der Waals surface area (Å²) in [6, 6.07) is 3.58. The van der Waals surface area contributed by atoms with E-state index in [0.29, 0.717) is 37.0 Å². The van der Waals surface area contributed by atoms with Crippen LogP contribution in [0.15, 0.2) is 18.5 Å². The van der Waals surface area contributed by atoms with Crippen molar-refractivity contribution in [3.05, 3.63) is 23.5 Å². The fourth-order valence-corrected chi connectivity index (χ4v) is 3.13. The van der Waals surface area contributed by atoms with Crippen LogP contribution in [0, 0.1) is 0 Å². The molecule has 1 saturated heterocycles. The maximum Gasteiger partial charge on any atom is 0.410 e. The topological polar surface area (TPSA) is 67.8 Å². The van der Waals surface area contributed by atoms with Crippen LogP contribution < -0.4 is 9.64 Å². The molecule has 2 aromatic rings. The minimum atomic E-state index is -0.496. The fourth-order valence-electron chi connectivity index (χ4n) is 2.92. The Bertz CT molecular complexity index is 814. The molecule has 1 aliphatic heterocycles. The highest BCUT2D eigenvalue weighted by atomic mass is 35.5. The lowest BCUT2D eigenvalue weighted by Crippen LogP contribution is -2.50. The molecule has 1 aliphatic rings. The molecule has 8 heteroatoms. The van der Waals surface area contributed by atoms with Crippen LogP contribution in [0.4, 0.5) is 10.6 Å². The fraction of sp³-hybridized carbons (Fsp3) is 0.500. The minimum absolute atomic E-state index is 0.283. The standard InChI is InChI=1S/C18H23ClN4O3/c1-18(2,3)26-17(24)23-7-5-22(6-8-23)16-13-9-12(19)10-14(25-4)15(13)20-11-21-16/h9-11H,5-8H2,1-4H3. The molecule has 7 nitrogen and oxygen atoms in total. The van der Waals surface area contributed by atoms with Gasteiger partial charge < -0.3 is 19.3 Å². The van der Waals surface area contributed by atoms with Crippen molar-refractivity contribution in [2.45, 2.75) is 26.4 Å². The number of nitrogens with zero attached hydrogens (tertiary/aromatic N) is 4. The van der Waals surface area contributed by atoms with Gasteiger partial charge >= 0.3 is 6.09 Å². The monoisotopic (exact) mass is 378 g/mol. The summed E-state index contributed by atoms with van der Waals surface area (Å²) in [6.45, 7) is 8.04. The molecule has 0 spiro atoms. The Labute approximate surface area is 157 Å². The van der Waals surface area contributed by atoms with E-state index in [-0.39, 0.29) is 6.09 Å². The van der Waals surface area contributed by atoms with E-state index in [0.717, 1.165) is 16.7 Å². The average Bonchev–Trinajstić information content (AvgIpc) is 2.59. The number of halogens is 1. The molecule has 2 heterocycles. The first-order valence-electron chi connectivity index (χ1n) is 8.49. The number of methoxy groups -OCH3 is 1. The number of aromatic nitrogens is 2. The van der Waals surface area contributed by atoms with Gasteiger partial charge in [0.1, 0.15) is 29.0 Å². The normalized spacial score (nSPS) is 15.3. The number of carbonyl (C=O) groups is 1. The Hall–Kier alpha value is -2.28. The summed E-state index contributed by atoms with van der Waals surface area (Å²) in [4.78, 5) is 24.8. The van der Waals surface area contributed by atoms with Gasteiger partial charge in [0.05, 0.1) is 7.11 Å². The first-order chi connectivity index (χ1) is 12.3. The van der Waals surface area contributed by atoms with Gasteiger partial charge in [-0.25, -0.2) is 14.8 Å². The van der Waals surface area contributed by atoms with Crippen LogP contribution in [0.5, 0.6) is 5.75 Å². The first-order valence-corrected chi connectivity index (χ1v) is 8.87. The van der Waals surface area contributed by atoms with Crippen molar-refractivity contribution in [3.63, 3.8) is 0 Å². The summed E-state index contributed by atoms with van der Waals surface area (Å²) in [5.41, 5.74) is 0.223. The maximum atomic E-state index is 12.2. The van der Waals surface area contributed by atoms with Gasteiger partial charge in [-0.15, -0.1) is 0 Å². The molecule has 1 amide bonds. The maximum absolute atomic E-state index is 12.2. The molecule has 0 saturated carbocycles. The zero-order valence-electron chi connectivity index (χ0n) is 15.5. The van der Waals surface area contributed by atoms with Crippen LogP contribution in [0.25, 0.3) is 10.9 Å². The van der Waals surface area contributed by atoms with Crippen molar-refractivity contribution < 1.29 is 14.3 Å². The highest BCUT2D eigenvalue weighted by molar-refractivity contribution is 6.31. The third-order valence-electron chi connectivity index (χ3n) is 4.10. The minimum Gasteiger partial charge on any atom is -0.494 e. The summed E-state index contributed by atoms with van der Waals surface area (Å²) < 4.78 is 10.8. The van der Waals surface area contributed by atoms with E-state index in [4.69, 9.17) is 21.1 Å². The number of ether oxygens (including phenoxy) is 2. The van der Waals surface area contributed by atoms with E-state index < -0.39 is 5.60 Å². The molecule has 26 heavy (non-hydrogen) atoms. The third-order valence-corrected chi connectivity index (χ3v) is 4.32. The van der Waals surface area contributed by atoms with E-state index in [1.807, 2.05) is 26.8 Å². The zero-order valence-corrected chi connectivity index (χ0v) is 16.2. The summed E-state index contributed by atoms with van der Waals surface area (Å²) in [7, 11) is 1.59. The number of hydrogen-bond donors (Lipinski definition) is 0. The van der Waals surface area contributed by atoms with E-state index in [1.54, 1.807) is 18.1 Å². The lowest BCUT2D eigenvalue weighted by molar-refractivity contribution is 0.0240. The highest BCUT2D eigenvalue weighted by Crippen LogP contribution is 2.33. The van der Waals surface area contributed by atoms with Gasteiger partial charge in [-0.2, -0.15) is 0 Å². The van der Waals surface area contributed by atoms with E-state index in [9.17, 15) is 4.79 Å². The number of piperazine rings is 1. The van der Waals surface area contributed by atoms with Crippen LogP contribution in [0.2, 0.25) is 5.02 Å². The van der Waals surface area contributed by atoms with Crippen molar-refractivity contribution >= 4 is 34.4 Å². The molecular formula is C18H23ClN4O3. The lowest BCUT2D eigenvalue weighted by atomic mass is 10.2. The highest BCUT2D eigenvalue weighted by Gasteiger charge is 2.27. The second-order valence-corrected chi connectivity index (χ2v) is 7.59. The Balaban J connectivity index is 1.80. The van der Waals surface area contributed by atoms with Crippen LogP contribution in [-0.4, -0.2) is 59.9 Å².